The molecule has 1 atom stereocenters. The molecular formula is C10H11N3O6S. The van der Waals surface area contributed by atoms with E-state index in [1.807, 2.05) is 0 Å². The number of carbonyl (C=O) groups is 1. The van der Waals surface area contributed by atoms with Gasteiger partial charge in [-0.3, -0.25) is 30.3 Å². The monoisotopic (exact) mass is 301 g/mol. The molecule has 0 spiro atoms. The average Bonchev–Trinajstić information content (AvgIpc) is 2.38. The Morgan fingerprint density at radius 1 is 1.25 bits per heavy atom. The largest absolute Gasteiger partial charge is 0.480 e. The average molecular weight is 301 g/mol. The molecule has 0 aliphatic rings. The van der Waals surface area contributed by atoms with Gasteiger partial charge in [-0.05, 0) is 5.56 Å². The van der Waals surface area contributed by atoms with Gasteiger partial charge in [-0.25, -0.2) is 0 Å². The number of nitrogens with one attached hydrogen (secondary N) is 1. The Labute approximate surface area is 118 Å². The fourth-order valence-electron chi connectivity index (χ4n) is 1.44. The van der Waals surface area contributed by atoms with Gasteiger partial charge in [0.05, 0.1) is 15.9 Å². The lowest BCUT2D eigenvalue weighted by atomic mass is 10.1. The predicted octanol–water partition coefficient (Wildman–Crippen LogP) is 0.976. The maximum Gasteiger partial charge on any atom is 0.321 e. The fourth-order valence-corrected chi connectivity index (χ4v) is 1.73. The molecule has 2 N–H and O–H groups in total. The number of hydrogen-bond acceptors (Lipinski definition) is 7. The number of non-ortho nitro benzene ring substituents is 2. The van der Waals surface area contributed by atoms with Crippen LogP contribution in [-0.4, -0.2) is 32.7 Å². The van der Waals surface area contributed by atoms with E-state index in [2.05, 4.69) is 17.9 Å². The van der Waals surface area contributed by atoms with Gasteiger partial charge in [0, 0.05) is 24.4 Å². The number of benzene rings is 1. The molecule has 0 bridgehead atoms. The summed E-state index contributed by atoms with van der Waals surface area (Å²) in [5, 5.41) is 32.8. The normalized spacial score (nSPS) is 11.8. The highest BCUT2D eigenvalue weighted by Crippen LogP contribution is 2.22. The molecular weight excluding hydrogens is 290 g/mol. The van der Waals surface area contributed by atoms with Crippen molar-refractivity contribution < 1.29 is 19.7 Å². The van der Waals surface area contributed by atoms with E-state index >= 15 is 0 Å². The van der Waals surface area contributed by atoms with Gasteiger partial charge < -0.3 is 5.11 Å². The van der Waals surface area contributed by atoms with E-state index in [0.29, 0.717) is 0 Å². The van der Waals surface area contributed by atoms with Gasteiger partial charge in [-0.1, -0.05) is 0 Å². The van der Waals surface area contributed by atoms with Crippen LogP contribution < -0.4 is 5.32 Å². The summed E-state index contributed by atoms with van der Waals surface area (Å²) < 4.78 is 0. The third kappa shape index (κ3) is 4.17. The third-order valence-electron chi connectivity index (χ3n) is 2.42. The van der Waals surface area contributed by atoms with Crippen LogP contribution in [0.3, 0.4) is 0 Å². The molecule has 10 heteroatoms. The lowest BCUT2D eigenvalue weighted by molar-refractivity contribution is -0.394. The molecule has 9 nitrogen and oxygen atoms in total. The van der Waals surface area contributed by atoms with E-state index in [4.69, 9.17) is 5.11 Å². The van der Waals surface area contributed by atoms with Crippen LogP contribution in [0.4, 0.5) is 11.4 Å². The fraction of sp³-hybridized carbons (Fsp3) is 0.300. The lowest BCUT2D eigenvalue weighted by Crippen LogP contribution is -2.37. The van der Waals surface area contributed by atoms with Gasteiger partial charge >= 0.3 is 5.97 Å². The minimum atomic E-state index is -1.13. The molecule has 0 radical (unpaired) electrons. The first-order valence-corrected chi connectivity index (χ1v) is 5.98. The number of aliphatic carboxylic acids is 1. The number of nitrogens with zero attached hydrogens (tertiary/aromatic N) is 2. The number of hydrogen-bond donors (Lipinski definition) is 3. The zero-order chi connectivity index (χ0) is 15.3. The van der Waals surface area contributed by atoms with Crippen molar-refractivity contribution in [1.29, 1.82) is 0 Å². The minimum Gasteiger partial charge on any atom is -0.480 e. The van der Waals surface area contributed by atoms with Crippen molar-refractivity contribution in [2.75, 3.05) is 5.75 Å². The SMILES string of the molecule is O=C(O)[C@H](CS)NCc1cc([N+](=O)[O-])cc([N+](=O)[O-])c1. The van der Waals surface area contributed by atoms with E-state index in [0.717, 1.165) is 18.2 Å². The Morgan fingerprint density at radius 2 is 1.75 bits per heavy atom. The van der Waals surface area contributed by atoms with Crippen LogP contribution in [0, 0.1) is 20.2 Å². The molecule has 1 rings (SSSR count). The first-order chi connectivity index (χ1) is 9.35. The number of nitro groups is 2. The van der Waals surface area contributed by atoms with Crippen molar-refractivity contribution in [2.24, 2.45) is 0 Å². The zero-order valence-electron chi connectivity index (χ0n) is 10.1. The van der Waals surface area contributed by atoms with E-state index in [9.17, 15) is 25.0 Å². The van der Waals surface area contributed by atoms with Crippen molar-refractivity contribution in [3.63, 3.8) is 0 Å². The Morgan fingerprint density at radius 3 is 2.10 bits per heavy atom. The highest BCUT2D eigenvalue weighted by atomic mass is 32.1. The number of nitro benzene ring substituents is 2. The standard InChI is InChI=1S/C10H11N3O6S/c14-10(15)9(5-20)11-4-6-1-7(12(16)17)3-8(2-6)13(18)19/h1-3,9,11,20H,4-5H2,(H,14,15)/t9-/m0/s1. The second-order valence-corrected chi connectivity index (χ2v) is 4.19. The molecule has 108 valence electrons. The summed E-state index contributed by atoms with van der Waals surface area (Å²) in [4.78, 5) is 30.7. The molecule has 0 fully saturated rings. The summed E-state index contributed by atoms with van der Waals surface area (Å²) in [6.45, 7) is -0.0555. The molecule has 0 saturated heterocycles. The molecule has 1 aromatic rings. The van der Waals surface area contributed by atoms with Crippen molar-refractivity contribution >= 4 is 30.0 Å². The van der Waals surface area contributed by atoms with Gasteiger partial charge in [-0.2, -0.15) is 12.6 Å². The Kier molecular flexibility index (Phi) is 5.41. The van der Waals surface area contributed by atoms with Crippen molar-refractivity contribution in [3.8, 4) is 0 Å². The molecule has 0 aliphatic carbocycles. The first kappa shape index (κ1) is 15.9. The summed E-state index contributed by atoms with van der Waals surface area (Å²) in [5.74, 6) is -1.10. The Hall–Kier alpha value is -2.20. The van der Waals surface area contributed by atoms with Crippen LogP contribution in [0.1, 0.15) is 5.56 Å². The molecule has 0 aliphatic heterocycles. The van der Waals surface area contributed by atoms with E-state index in [1.165, 1.54) is 0 Å². The van der Waals surface area contributed by atoms with Gasteiger partial charge in [-0.15, -0.1) is 0 Å². The third-order valence-corrected chi connectivity index (χ3v) is 2.78. The molecule has 0 aromatic heterocycles. The van der Waals surface area contributed by atoms with Gasteiger partial charge in [0.1, 0.15) is 6.04 Å². The highest BCUT2D eigenvalue weighted by Gasteiger charge is 2.18. The van der Waals surface area contributed by atoms with Crippen molar-refractivity contribution in [3.05, 3.63) is 44.0 Å². The second-order valence-electron chi connectivity index (χ2n) is 3.83. The van der Waals surface area contributed by atoms with Crippen molar-refractivity contribution in [2.45, 2.75) is 12.6 Å². The predicted molar refractivity (Wildman–Crippen MR) is 71.9 cm³/mol. The summed E-state index contributed by atoms with van der Waals surface area (Å²) in [5.41, 5.74) is -0.596. The van der Waals surface area contributed by atoms with E-state index < -0.39 is 33.2 Å². The molecule has 0 heterocycles. The Balaban J connectivity index is 2.97. The topological polar surface area (TPSA) is 136 Å². The van der Waals surface area contributed by atoms with Crippen molar-refractivity contribution in [1.82, 2.24) is 5.32 Å². The highest BCUT2D eigenvalue weighted by molar-refractivity contribution is 7.80. The summed E-state index contributed by atoms with van der Waals surface area (Å²) in [6, 6.07) is 2.20. The smallest absolute Gasteiger partial charge is 0.321 e. The van der Waals surface area contributed by atoms with E-state index in [1.54, 1.807) is 0 Å². The van der Waals surface area contributed by atoms with Gasteiger partial charge in [0.15, 0.2) is 0 Å². The number of carboxylic acids is 1. The summed E-state index contributed by atoms with van der Waals surface area (Å²) >= 11 is 3.85. The van der Waals surface area contributed by atoms with E-state index in [-0.39, 0.29) is 17.9 Å². The molecule has 0 saturated carbocycles. The lowest BCUT2D eigenvalue weighted by Gasteiger charge is -2.11. The molecule has 0 unspecified atom stereocenters. The summed E-state index contributed by atoms with van der Waals surface area (Å²) in [6.07, 6.45) is 0. The number of carboxylic acid groups (broad SMARTS) is 1. The van der Waals surface area contributed by atoms with Gasteiger partial charge in [0.2, 0.25) is 0 Å². The van der Waals surface area contributed by atoms with Crippen LogP contribution >= 0.6 is 12.6 Å². The van der Waals surface area contributed by atoms with Gasteiger partial charge in [0.25, 0.3) is 11.4 Å². The molecule has 20 heavy (non-hydrogen) atoms. The number of rotatable bonds is 7. The maximum atomic E-state index is 10.8. The quantitative estimate of drug-likeness (QED) is 0.388. The molecule has 0 amide bonds. The maximum absolute atomic E-state index is 10.8. The minimum absolute atomic E-state index is 0.0202. The van der Waals surface area contributed by atoms with Crippen LogP contribution in [0.15, 0.2) is 18.2 Å². The first-order valence-electron chi connectivity index (χ1n) is 5.35. The van der Waals surface area contributed by atoms with Crippen LogP contribution in [-0.2, 0) is 11.3 Å². The number of thiol groups is 1. The van der Waals surface area contributed by atoms with Crippen LogP contribution in [0.25, 0.3) is 0 Å². The van der Waals surface area contributed by atoms with Crippen LogP contribution in [0.2, 0.25) is 0 Å². The molecule has 1 aromatic carbocycles. The Bertz CT molecular complexity index is 518. The summed E-state index contributed by atoms with van der Waals surface area (Å²) in [7, 11) is 0. The second kappa shape index (κ2) is 6.82. The zero-order valence-corrected chi connectivity index (χ0v) is 10.9. The van der Waals surface area contributed by atoms with Crippen LogP contribution in [0.5, 0.6) is 0 Å².